The van der Waals surface area contributed by atoms with E-state index in [-0.39, 0.29) is 22.9 Å². The third-order valence-corrected chi connectivity index (χ3v) is 2.56. The summed E-state index contributed by atoms with van der Waals surface area (Å²) in [5.74, 6) is -0.321. The van der Waals surface area contributed by atoms with Crippen molar-refractivity contribution in [2.24, 2.45) is 0 Å². The van der Waals surface area contributed by atoms with Gasteiger partial charge in [-0.25, -0.2) is 4.39 Å². The van der Waals surface area contributed by atoms with E-state index in [4.69, 9.17) is 4.42 Å². The van der Waals surface area contributed by atoms with Crippen LogP contribution in [0.2, 0.25) is 0 Å². The van der Waals surface area contributed by atoms with Gasteiger partial charge in [0.05, 0.1) is 0 Å². The van der Waals surface area contributed by atoms with Crippen LogP contribution < -0.4 is 0 Å². The van der Waals surface area contributed by atoms with Crippen LogP contribution in [0.5, 0.6) is 0 Å². The van der Waals surface area contributed by atoms with Gasteiger partial charge in [-0.3, -0.25) is 4.79 Å². The minimum Gasteiger partial charge on any atom is -0.450 e. The summed E-state index contributed by atoms with van der Waals surface area (Å²) in [7, 11) is 0. The zero-order valence-corrected chi connectivity index (χ0v) is 8.85. The van der Waals surface area contributed by atoms with Gasteiger partial charge < -0.3 is 4.42 Å². The van der Waals surface area contributed by atoms with Gasteiger partial charge in [-0.2, -0.15) is 0 Å². The van der Waals surface area contributed by atoms with Crippen LogP contribution >= 0.6 is 0 Å². The highest BCUT2D eigenvalue weighted by Crippen LogP contribution is 2.28. The summed E-state index contributed by atoms with van der Waals surface area (Å²) in [5, 5.41) is 0.670. The first-order valence-electron chi connectivity index (χ1n) is 4.71. The lowest BCUT2D eigenvalue weighted by molar-refractivity contribution is 0.0988. The van der Waals surface area contributed by atoms with Crippen LogP contribution in [-0.4, -0.2) is 5.78 Å². The molecule has 0 unspecified atom stereocenters. The Morgan fingerprint density at radius 1 is 1.33 bits per heavy atom. The van der Waals surface area contributed by atoms with Crippen molar-refractivity contribution in [3.05, 3.63) is 34.8 Å². The number of aryl methyl sites for hydroxylation is 2. The fraction of sp³-hybridized carbons (Fsp3) is 0.250. The van der Waals surface area contributed by atoms with Crippen molar-refractivity contribution < 1.29 is 13.6 Å². The second-order valence-electron chi connectivity index (χ2n) is 3.69. The molecule has 0 fully saturated rings. The minimum atomic E-state index is -0.386. The molecule has 78 valence electrons. The number of Topliss-reactive ketones (excluding diaryl/α,β-unsaturated/α-hetero) is 1. The molecule has 0 aliphatic carbocycles. The van der Waals surface area contributed by atoms with Gasteiger partial charge in [-0.1, -0.05) is 12.1 Å². The number of ketones is 1. The van der Waals surface area contributed by atoms with Crippen LogP contribution in [0.25, 0.3) is 11.0 Å². The number of benzene rings is 1. The lowest BCUT2D eigenvalue weighted by atomic mass is 10.1. The van der Waals surface area contributed by atoms with E-state index in [1.54, 1.807) is 26.0 Å². The number of rotatable bonds is 1. The molecule has 0 aliphatic heterocycles. The predicted molar refractivity (Wildman–Crippen MR) is 55.7 cm³/mol. The van der Waals surface area contributed by atoms with E-state index in [1.807, 2.05) is 0 Å². The Kier molecular flexibility index (Phi) is 2.11. The summed E-state index contributed by atoms with van der Waals surface area (Å²) in [6.07, 6.45) is 0. The van der Waals surface area contributed by atoms with Crippen LogP contribution in [0.4, 0.5) is 4.39 Å². The van der Waals surface area contributed by atoms with Crippen LogP contribution in [0.1, 0.15) is 28.6 Å². The average Bonchev–Trinajstić information content (AvgIpc) is 2.51. The monoisotopic (exact) mass is 206 g/mol. The lowest BCUT2D eigenvalue weighted by Gasteiger charge is -1.95. The van der Waals surface area contributed by atoms with Gasteiger partial charge in [0.15, 0.2) is 22.9 Å². The molecule has 0 spiro atoms. The van der Waals surface area contributed by atoms with E-state index in [9.17, 15) is 9.18 Å². The summed E-state index contributed by atoms with van der Waals surface area (Å²) in [5.41, 5.74) is 1.40. The number of carbonyl (C=O) groups excluding carboxylic acids is 1. The fourth-order valence-corrected chi connectivity index (χ4v) is 1.69. The summed E-state index contributed by atoms with van der Waals surface area (Å²) in [4.78, 5) is 11.2. The van der Waals surface area contributed by atoms with E-state index in [0.717, 1.165) is 0 Å². The Morgan fingerprint density at radius 3 is 2.60 bits per heavy atom. The third-order valence-electron chi connectivity index (χ3n) is 2.56. The van der Waals surface area contributed by atoms with Gasteiger partial charge in [-0.05, 0) is 19.4 Å². The molecule has 0 atom stereocenters. The number of halogens is 1. The van der Waals surface area contributed by atoms with E-state index in [2.05, 4.69) is 0 Å². The van der Waals surface area contributed by atoms with Crippen LogP contribution in [0.3, 0.4) is 0 Å². The number of hydrogen-bond acceptors (Lipinski definition) is 2. The highest BCUT2D eigenvalue weighted by Gasteiger charge is 2.17. The molecule has 2 rings (SSSR count). The van der Waals surface area contributed by atoms with Crippen molar-refractivity contribution in [1.29, 1.82) is 0 Å². The molecule has 3 heteroatoms. The van der Waals surface area contributed by atoms with Gasteiger partial charge in [-0.15, -0.1) is 0 Å². The maximum Gasteiger partial charge on any atom is 0.195 e. The summed E-state index contributed by atoms with van der Waals surface area (Å²) >= 11 is 0. The Morgan fingerprint density at radius 2 is 2.00 bits per heavy atom. The maximum absolute atomic E-state index is 13.6. The topological polar surface area (TPSA) is 30.2 Å². The molecule has 1 heterocycles. The number of furan rings is 1. The summed E-state index contributed by atoms with van der Waals surface area (Å²) < 4.78 is 18.9. The lowest BCUT2D eigenvalue weighted by Crippen LogP contribution is -1.90. The molecule has 15 heavy (non-hydrogen) atoms. The SMILES string of the molecule is CC(=O)c1oc2c(F)c(C)ccc2c1C. The summed E-state index contributed by atoms with van der Waals surface area (Å²) in [6.45, 7) is 4.84. The fourth-order valence-electron chi connectivity index (χ4n) is 1.69. The molecule has 0 radical (unpaired) electrons. The molecule has 0 saturated carbocycles. The highest BCUT2D eigenvalue weighted by atomic mass is 19.1. The zero-order valence-electron chi connectivity index (χ0n) is 8.85. The third kappa shape index (κ3) is 1.35. The molecule has 1 aromatic carbocycles. The predicted octanol–water partition coefficient (Wildman–Crippen LogP) is 3.39. The first kappa shape index (κ1) is 9.90. The quantitative estimate of drug-likeness (QED) is 0.669. The number of carbonyl (C=O) groups is 1. The number of hydrogen-bond donors (Lipinski definition) is 0. The van der Waals surface area contributed by atoms with Crippen molar-refractivity contribution in [1.82, 2.24) is 0 Å². The van der Waals surface area contributed by atoms with E-state index < -0.39 is 0 Å². The highest BCUT2D eigenvalue weighted by molar-refractivity contribution is 5.99. The van der Waals surface area contributed by atoms with E-state index in [0.29, 0.717) is 16.5 Å². The van der Waals surface area contributed by atoms with E-state index in [1.165, 1.54) is 6.92 Å². The smallest absolute Gasteiger partial charge is 0.195 e. The Hall–Kier alpha value is -1.64. The van der Waals surface area contributed by atoms with Gasteiger partial charge >= 0.3 is 0 Å². The second-order valence-corrected chi connectivity index (χ2v) is 3.69. The van der Waals surface area contributed by atoms with Crippen LogP contribution in [-0.2, 0) is 0 Å². The Bertz CT molecular complexity index is 552. The Labute approximate surface area is 86.7 Å². The second kappa shape index (κ2) is 3.19. The normalized spacial score (nSPS) is 10.9. The molecule has 2 aromatic rings. The molecule has 0 aliphatic rings. The van der Waals surface area contributed by atoms with Crippen molar-refractivity contribution in [3.8, 4) is 0 Å². The maximum atomic E-state index is 13.6. The standard InChI is InChI=1S/C12H11FO2/c1-6-4-5-9-7(2)11(8(3)14)15-12(9)10(6)13/h4-5H,1-3H3. The molecule has 1 aromatic heterocycles. The number of fused-ring (bicyclic) bond motifs is 1. The van der Waals surface area contributed by atoms with Gasteiger partial charge in [0.1, 0.15) is 0 Å². The first-order valence-corrected chi connectivity index (χ1v) is 4.71. The van der Waals surface area contributed by atoms with Crippen molar-refractivity contribution in [2.45, 2.75) is 20.8 Å². The van der Waals surface area contributed by atoms with Crippen molar-refractivity contribution in [2.75, 3.05) is 0 Å². The molecule has 0 amide bonds. The summed E-state index contributed by atoms with van der Waals surface area (Å²) in [6, 6.07) is 3.46. The van der Waals surface area contributed by atoms with Crippen molar-refractivity contribution in [3.63, 3.8) is 0 Å². The molecule has 2 nitrogen and oxygen atoms in total. The van der Waals surface area contributed by atoms with Crippen molar-refractivity contribution >= 4 is 16.8 Å². The molecule has 0 saturated heterocycles. The molecule has 0 bridgehead atoms. The van der Waals surface area contributed by atoms with Crippen LogP contribution in [0.15, 0.2) is 16.5 Å². The minimum absolute atomic E-state index is 0.178. The van der Waals surface area contributed by atoms with Gasteiger partial charge in [0, 0.05) is 17.9 Å². The van der Waals surface area contributed by atoms with Gasteiger partial charge in [0.2, 0.25) is 0 Å². The molecular formula is C12H11FO2. The molecular weight excluding hydrogens is 195 g/mol. The van der Waals surface area contributed by atoms with Crippen LogP contribution in [0, 0.1) is 19.7 Å². The largest absolute Gasteiger partial charge is 0.450 e. The zero-order chi connectivity index (χ0) is 11.2. The van der Waals surface area contributed by atoms with E-state index >= 15 is 0 Å². The Balaban J connectivity index is 2.88. The van der Waals surface area contributed by atoms with Gasteiger partial charge in [0.25, 0.3) is 0 Å². The average molecular weight is 206 g/mol. The molecule has 0 N–H and O–H groups in total. The first-order chi connectivity index (χ1) is 7.02.